The quantitative estimate of drug-likeness (QED) is 0.849. The molecule has 1 heterocycles. The first-order chi connectivity index (χ1) is 8.74. The fourth-order valence-electron chi connectivity index (χ4n) is 2.21. The topological polar surface area (TPSA) is 44.4 Å². The van der Waals surface area contributed by atoms with E-state index in [-0.39, 0.29) is 5.91 Å². The van der Waals surface area contributed by atoms with Gasteiger partial charge in [-0.1, -0.05) is 12.1 Å². The molecule has 1 aromatic rings. The molecule has 2 N–H and O–H groups in total. The first-order valence-corrected chi connectivity index (χ1v) is 6.53. The van der Waals surface area contributed by atoms with Crippen LogP contribution in [0.1, 0.15) is 18.9 Å². The van der Waals surface area contributed by atoms with Gasteiger partial charge in [0, 0.05) is 32.2 Å². The summed E-state index contributed by atoms with van der Waals surface area (Å²) >= 11 is 0. The molecule has 1 aliphatic rings. The van der Waals surface area contributed by atoms with Crippen molar-refractivity contribution in [2.45, 2.75) is 19.9 Å². The standard InChI is InChI=1S/C14H21N3O/c1-12(18)16-14-5-3-13(4-6-14)11-17-9-2-7-15-8-10-17/h3-6,15H,2,7-11H2,1H3,(H,16,18). The summed E-state index contributed by atoms with van der Waals surface area (Å²) in [4.78, 5) is 13.4. The Balaban J connectivity index is 1.90. The monoisotopic (exact) mass is 247 g/mol. The molecule has 0 bridgehead atoms. The second-order valence-electron chi connectivity index (χ2n) is 4.76. The third kappa shape index (κ3) is 4.13. The summed E-state index contributed by atoms with van der Waals surface area (Å²) in [6.07, 6.45) is 1.21. The molecule has 0 saturated carbocycles. The number of hydrogen-bond acceptors (Lipinski definition) is 3. The van der Waals surface area contributed by atoms with Crippen LogP contribution in [0.5, 0.6) is 0 Å². The van der Waals surface area contributed by atoms with Crippen molar-refractivity contribution in [3.8, 4) is 0 Å². The van der Waals surface area contributed by atoms with Crippen LogP contribution in [-0.4, -0.2) is 37.0 Å². The predicted molar refractivity (Wildman–Crippen MR) is 73.5 cm³/mol. The maximum Gasteiger partial charge on any atom is 0.221 e. The van der Waals surface area contributed by atoms with Crippen molar-refractivity contribution in [1.29, 1.82) is 0 Å². The summed E-state index contributed by atoms with van der Waals surface area (Å²) in [6.45, 7) is 6.97. The minimum atomic E-state index is -0.0265. The van der Waals surface area contributed by atoms with Crippen LogP contribution in [-0.2, 0) is 11.3 Å². The largest absolute Gasteiger partial charge is 0.326 e. The molecule has 1 aromatic carbocycles. The number of nitrogens with zero attached hydrogens (tertiary/aromatic N) is 1. The summed E-state index contributed by atoms with van der Waals surface area (Å²) in [7, 11) is 0. The molecule has 0 aromatic heterocycles. The van der Waals surface area contributed by atoms with Crippen LogP contribution < -0.4 is 10.6 Å². The van der Waals surface area contributed by atoms with Crippen molar-refractivity contribution < 1.29 is 4.79 Å². The molecule has 0 atom stereocenters. The normalized spacial score (nSPS) is 17.2. The summed E-state index contributed by atoms with van der Waals surface area (Å²) < 4.78 is 0. The summed E-state index contributed by atoms with van der Waals surface area (Å²) in [5.41, 5.74) is 2.16. The zero-order valence-corrected chi connectivity index (χ0v) is 10.9. The molecule has 1 aliphatic heterocycles. The first-order valence-electron chi connectivity index (χ1n) is 6.53. The SMILES string of the molecule is CC(=O)Nc1ccc(CN2CCCNCC2)cc1. The van der Waals surface area contributed by atoms with Crippen LogP contribution in [0.3, 0.4) is 0 Å². The average molecular weight is 247 g/mol. The molecule has 0 aliphatic carbocycles. The van der Waals surface area contributed by atoms with Crippen LogP contribution in [0, 0.1) is 0 Å². The lowest BCUT2D eigenvalue weighted by Gasteiger charge is -2.19. The highest BCUT2D eigenvalue weighted by molar-refractivity contribution is 5.88. The maximum absolute atomic E-state index is 10.9. The van der Waals surface area contributed by atoms with Crippen LogP contribution in [0.4, 0.5) is 5.69 Å². The molecule has 0 unspecified atom stereocenters. The summed E-state index contributed by atoms with van der Waals surface area (Å²) in [5.74, 6) is -0.0265. The highest BCUT2D eigenvalue weighted by atomic mass is 16.1. The zero-order valence-electron chi connectivity index (χ0n) is 10.9. The zero-order chi connectivity index (χ0) is 12.8. The highest BCUT2D eigenvalue weighted by Gasteiger charge is 2.08. The summed E-state index contributed by atoms with van der Waals surface area (Å²) in [6, 6.07) is 8.10. The fourth-order valence-corrected chi connectivity index (χ4v) is 2.21. The Morgan fingerprint density at radius 2 is 2.06 bits per heavy atom. The lowest BCUT2D eigenvalue weighted by molar-refractivity contribution is -0.114. The van der Waals surface area contributed by atoms with E-state index in [4.69, 9.17) is 0 Å². The van der Waals surface area contributed by atoms with Gasteiger partial charge in [-0.3, -0.25) is 9.69 Å². The van der Waals surface area contributed by atoms with Gasteiger partial charge < -0.3 is 10.6 Å². The minimum Gasteiger partial charge on any atom is -0.326 e. The molecule has 0 spiro atoms. The van der Waals surface area contributed by atoms with Gasteiger partial charge in [0.15, 0.2) is 0 Å². The number of amides is 1. The lowest BCUT2D eigenvalue weighted by atomic mass is 10.2. The van der Waals surface area contributed by atoms with Crippen LogP contribution >= 0.6 is 0 Å². The Hall–Kier alpha value is -1.39. The van der Waals surface area contributed by atoms with Gasteiger partial charge in [0.2, 0.25) is 5.91 Å². The van der Waals surface area contributed by atoms with Gasteiger partial charge in [0.1, 0.15) is 0 Å². The molecular weight excluding hydrogens is 226 g/mol. The van der Waals surface area contributed by atoms with E-state index in [9.17, 15) is 4.79 Å². The maximum atomic E-state index is 10.9. The number of anilines is 1. The van der Waals surface area contributed by atoms with Crippen molar-refractivity contribution in [3.63, 3.8) is 0 Å². The highest BCUT2D eigenvalue weighted by Crippen LogP contribution is 2.12. The molecule has 2 rings (SSSR count). The van der Waals surface area contributed by atoms with E-state index in [1.54, 1.807) is 0 Å². The predicted octanol–water partition coefficient (Wildman–Crippen LogP) is 1.44. The average Bonchev–Trinajstić information content (AvgIpc) is 2.60. The van der Waals surface area contributed by atoms with E-state index in [1.165, 1.54) is 18.9 Å². The molecule has 1 amide bonds. The number of nitrogens with one attached hydrogen (secondary N) is 2. The van der Waals surface area contributed by atoms with E-state index in [1.807, 2.05) is 12.1 Å². The molecule has 1 fully saturated rings. The second kappa shape index (κ2) is 6.52. The third-order valence-electron chi connectivity index (χ3n) is 3.11. The van der Waals surface area contributed by atoms with E-state index >= 15 is 0 Å². The van der Waals surface area contributed by atoms with Crippen molar-refractivity contribution in [2.24, 2.45) is 0 Å². The fraction of sp³-hybridized carbons (Fsp3) is 0.500. The van der Waals surface area contributed by atoms with Crippen LogP contribution in [0.2, 0.25) is 0 Å². The Morgan fingerprint density at radius 1 is 1.28 bits per heavy atom. The molecule has 4 heteroatoms. The summed E-state index contributed by atoms with van der Waals surface area (Å²) in [5, 5.41) is 6.19. The number of hydrogen-bond donors (Lipinski definition) is 2. The van der Waals surface area contributed by atoms with E-state index in [0.29, 0.717) is 0 Å². The van der Waals surface area contributed by atoms with E-state index in [2.05, 4.69) is 27.7 Å². The number of benzene rings is 1. The van der Waals surface area contributed by atoms with Crippen LogP contribution in [0.15, 0.2) is 24.3 Å². The molecule has 18 heavy (non-hydrogen) atoms. The first kappa shape index (κ1) is 13.1. The van der Waals surface area contributed by atoms with E-state index < -0.39 is 0 Å². The van der Waals surface area contributed by atoms with Crippen LogP contribution in [0.25, 0.3) is 0 Å². The third-order valence-corrected chi connectivity index (χ3v) is 3.11. The molecule has 4 nitrogen and oxygen atoms in total. The number of rotatable bonds is 3. The molecule has 98 valence electrons. The van der Waals surface area contributed by atoms with Crippen molar-refractivity contribution in [2.75, 3.05) is 31.5 Å². The second-order valence-corrected chi connectivity index (χ2v) is 4.76. The smallest absolute Gasteiger partial charge is 0.221 e. The lowest BCUT2D eigenvalue weighted by Crippen LogP contribution is -2.27. The van der Waals surface area contributed by atoms with Gasteiger partial charge in [0.05, 0.1) is 0 Å². The Bertz CT molecular complexity index is 381. The van der Waals surface area contributed by atoms with Gasteiger partial charge in [-0.25, -0.2) is 0 Å². The Labute approximate surface area is 108 Å². The van der Waals surface area contributed by atoms with Gasteiger partial charge in [-0.05, 0) is 37.2 Å². The van der Waals surface area contributed by atoms with Gasteiger partial charge in [-0.2, -0.15) is 0 Å². The Kier molecular flexibility index (Phi) is 4.73. The van der Waals surface area contributed by atoms with Crippen molar-refractivity contribution in [1.82, 2.24) is 10.2 Å². The van der Waals surface area contributed by atoms with Gasteiger partial charge in [0.25, 0.3) is 0 Å². The van der Waals surface area contributed by atoms with Gasteiger partial charge >= 0.3 is 0 Å². The molecular formula is C14H21N3O. The number of carbonyl (C=O) groups is 1. The van der Waals surface area contributed by atoms with E-state index in [0.717, 1.165) is 38.4 Å². The Morgan fingerprint density at radius 3 is 2.78 bits per heavy atom. The minimum absolute atomic E-state index is 0.0265. The van der Waals surface area contributed by atoms with Crippen molar-refractivity contribution in [3.05, 3.63) is 29.8 Å². The molecule has 0 radical (unpaired) electrons. The van der Waals surface area contributed by atoms with Crippen molar-refractivity contribution >= 4 is 11.6 Å². The van der Waals surface area contributed by atoms with Gasteiger partial charge in [-0.15, -0.1) is 0 Å². The number of carbonyl (C=O) groups excluding carboxylic acids is 1. The molecule has 1 saturated heterocycles.